The van der Waals surface area contributed by atoms with Crippen LogP contribution in [-0.2, 0) is 0 Å². The molecule has 0 fully saturated rings. The molecule has 0 spiro atoms. The molecule has 19 heavy (non-hydrogen) atoms. The zero-order chi connectivity index (χ0) is 13.8. The molecular weight excluding hydrogens is 238 g/mol. The maximum Gasteiger partial charge on any atom is 0.277 e. The second kappa shape index (κ2) is 5.48. The monoisotopic (exact) mass is 253 g/mol. The normalized spacial score (nSPS) is 11.4. The Morgan fingerprint density at radius 3 is 2.32 bits per heavy atom. The molecule has 0 radical (unpaired) electrons. The van der Waals surface area contributed by atoms with Crippen LogP contribution in [0.15, 0.2) is 54.6 Å². The van der Waals surface area contributed by atoms with Crippen LogP contribution in [0.4, 0.5) is 5.69 Å². The summed E-state index contributed by atoms with van der Waals surface area (Å²) in [5.41, 5.74) is 3.83. The third kappa shape index (κ3) is 2.71. The average molecular weight is 253 g/mol. The van der Waals surface area contributed by atoms with Gasteiger partial charge in [-0.2, -0.15) is 0 Å². The van der Waals surface area contributed by atoms with Crippen molar-refractivity contribution >= 4 is 11.3 Å². The Kier molecular flexibility index (Phi) is 3.76. The first-order chi connectivity index (χ1) is 9.13. The van der Waals surface area contributed by atoms with Crippen molar-refractivity contribution in [3.63, 3.8) is 0 Å². The van der Waals surface area contributed by atoms with Crippen molar-refractivity contribution < 1.29 is 4.92 Å². The Bertz CT molecular complexity index is 627. The molecule has 0 amide bonds. The van der Waals surface area contributed by atoms with E-state index in [1.165, 1.54) is 11.6 Å². The molecule has 0 atom stereocenters. The topological polar surface area (TPSA) is 43.1 Å². The van der Waals surface area contributed by atoms with Gasteiger partial charge in [-0.3, -0.25) is 10.1 Å². The second-order valence-corrected chi connectivity index (χ2v) is 4.34. The first-order valence-electron chi connectivity index (χ1n) is 6.10. The van der Waals surface area contributed by atoms with Gasteiger partial charge in [-0.25, -0.2) is 0 Å². The number of nitro groups is 1. The number of hydrogen-bond acceptors (Lipinski definition) is 2. The molecule has 2 aromatic rings. The molecule has 0 aliphatic carbocycles. The van der Waals surface area contributed by atoms with E-state index in [1.54, 1.807) is 12.1 Å². The van der Waals surface area contributed by atoms with Crippen molar-refractivity contribution in [2.24, 2.45) is 0 Å². The van der Waals surface area contributed by atoms with Crippen LogP contribution in [-0.4, -0.2) is 4.92 Å². The first kappa shape index (κ1) is 13.0. The molecule has 0 saturated carbocycles. The number of aryl methyl sites for hydroxylation is 1. The number of rotatable bonds is 3. The fraction of sp³-hybridized carbons (Fsp3) is 0.125. The lowest BCUT2D eigenvalue weighted by atomic mass is 9.96. The largest absolute Gasteiger partial charge is 0.277 e. The van der Waals surface area contributed by atoms with Gasteiger partial charge >= 0.3 is 0 Å². The van der Waals surface area contributed by atoms with Gasteiger partial charge in [0.15, 0.2) is 0 Å². The Hall–Kier alpha value is -2.42. The van der Waals surface area contributed by atoms with Gasteiger partial charge in [0, 0.05) is 6.07 Å². The highest BCUT2D eigenvalue weighted by Gasteiger charge is 2.16. The van der Waals surface area contributed by atoms with Gasteiger partial charge in [-0.15, -0.1) is 0 Å². The van der Waals surface area contributed by atoms with Gasteiger partial charge in [-0.05, 0) is 31.1 Å². The van der Waals surface area contributed by atoms with Gasteiger partial charge in [-0.1, -0.05) is 48.0 Å². The second-order valence-electron chi connectivity index (χ2n) is 4.34. The highest BCUT2D eigenvalue weighted by molar-refractivity contribution is 5.84. The number of allylic oxidation sites excluding steroid dienone is 1. The standard InChI is InChI=1S/C16H15NO2/c1-3-14(13-10-8-12(2)9-11-13)15-6-4-5-7-16(15)17(18)19/h3-11H,1-2H3/b14-3+. The zero-order valence-electron chi connectivity index (χ0n) is 11.0. The van der Waals surface area contributed by atoms with Crippen molar-refractivity contribution in [2.75, 3.05) is 0 Å². The van der Waals surface area contributed by atoms with Crippen molar-refractivity contribution in [3.8, 4) is 0 Å². The lowest BCUT2D eigenvalue weighted by Gasteiger charge is -2.08. The molecule has 0 aliphatic rings. The lowest BCUT2D eigenvalue weighted by Crippen LogP contribution is -1.96. The van der Waals surface area contributed by atoms with E-state index in [4.69, 9.17) is 0 Å². The highest BCUT2D eigenvalue weighted by Crippen LogP contribution is 2.30. The van der Waals surface area contributed by atoms with E-state index in [-0.39, 0.29) is 10.6 Å². The zero-order valence-corrected chi connectivity index (χ0v) is 11.0. The van der Waals surface area contributed by atoms with Gasteiger partial charge in [0.25, 0.3) is 5.69 Å². The van der Waals surface area contributed by atoms with Gasteiger partial charge < -0.3 is 0 Å². The number of benzene rings is 2. The van der Waals surface area contributed by atoms with Crippen LogP contribution in [0.3, 0.4) is 0 Å². The molecule has 96 valence electrons. The summed E-state index contributed by atoms with van der Waals surface area (Å²) in [4.78, 5) is 10.8. The van der Waals surface area contributed by atoms with Crippen LogP contribution >= 0.6 is 0 Å². The summed E-state index contributed by atoms with van der Waals surface area (Å²) < 4.78 is 0. The molecule has 3 heteroatoms. The van der Waals surface area contributed by atoms with E-state index in [2.05, 4.69) is 0 Å². The smallest absolute Gasteiger partial charge is 0.258 e. The fourth-order valence-electron chi connectivity index (χ4n) is 2.07. The van der Waals surface area contributed by atoms with Gasteiger partial charge in [0.05, 0.1) is 10.5 Å². The molecule has 2 rings (SSSR count). The van der Waals surface area contributed by atoms with Gasteiger partial charge in [0.1, 0.15) is 0 Å². The number of hydrogen-bond donors (Lipinski definition) is 0. The molecule has 2 aromatic carbocycles. The van der Waals surface area contributed by atoms with Crippen LogP contribution in [0.1, 0.15) is 23.6 Å². The van der Waals surface area contributed by atoms with Crippen molar-refractivity contribution in [1.29, 1.82) is 0 Å². The van der Waals surface area contributed by atoms with Crippen molar-refractivity contribution in [3.05, 3.63) is 81.4 Å². The van der Waals surface area contributed by atoms with Crippen LogP contribution in [0.5, 0.6) is 0 Å². The van der Waals surface area contributed by atoms with E-state index in [1.807, 2.05) is 50.3 Å². The van der Waals surface area contributed by atoms with Crippen LogP contribution < -0.4 is 0 Å². The van der Waals surface area contributed by atoms with Crippen LogP contribution in [0.2, 0.25) is 0 Å². The van der Waals surface area contributed by atoms with E-state index >= 15 is 0 Å². The fourth-order valence-corrected chi connectivity index (χ4v) is 2.07. The minimum Gasteiger partial charge on any atom is -0.258 e. The molecule has 0 bridgehead atoms. The summed E-state index contributed by atoms with van der Waals surface area (Å²) in [5, 5.41) is 11.1. The Labute approximate surface area is 112 Å². The number of nitrogens with zero attached hydrogens (tertiary/aromatic N) is 1. The summed E-state index contributed by atoms with van der Waals surface area (Å²) in [6, 6.07) is 14.8. The predicted molar refractivity (Wildman–Crippen MR) is 77.0 cm³/mol. The van der Waals surface area contributed by atoms with E-state index in [0.717, 1.165) is 11.1 Å². The Balaban J connectivity index is 2.55. The SMILES string of the molecule is C/C=C(\c1ccc(C)cc1)c1ccccc1[N+](=O)[O-]. The van der Waals surface area contributed by atoms with Gasteiger partial charge in [0.2, 0.25) is 0 Å². The summed E-state index contributed by atoms with van der Waals surface area (Å²) in [7, 11) is 0. The summed E-state index contributed by atoms with van der Waals surface area (Å²) in [6.07, 6.45) is 1.91. The average Bonchev–Trinajstić information content (AvgIpc) is 2.42. The molecule has 0 aliphatic heterocycles. The number of nitro benzene ring substituents is 1. The quantitative estimate of drug-likeness (QED) is 0.602. The minimum atomic E-state index is -0.340. The Morgan fingerprint density at radius 2 is 1.74 bits per heavy atom. The maximum absolute atomic E-state index is 11.1. The third-order valence-electron chi connectivity index (χ3n) is 3.04. The summed E-state index contributed by atoms with van der Waals surface area (Å²) in [5.74, 6) is 0. The first-order valence-corrected chi connectivity index (χ1v) is 6.10. The molecule has 3 nitrogen and oxygen atoms in total. The predicted octanol–water partition coefficient (Wildman–Crippen LogP) is 4.35. The summed E-state index contributed by atoms with van der Waals surface area (Å²) in [6.45, 7) is 3.91. The Morgan fingerprint density at radius 1 is 1.11 bits per heavy atom. The minimum absolute atomic E-state index is 0.135. The molecule has 0 saturated heterocycles. The summed E-state index contributed by atoms with van der Waals surface area (Å²) >= 11 is 0. The lowest BCUT2D eigenvalue weighted by molar-refractivity contribution is -0.385. The maximum atomic E-state index is 11.1. The van der Waals surface area contributed by atoms with E-state index < -0.39 is 0 Å². The van der Waals surface area contributed by atoms with E-state index in [0.29, 0.717) is 5.56 Å². The van der Waals surface area contributed by atoms with Crippen LogP contribution in [0.25, 0.3) is 5.57 Å². The third-order valence-corrected chi connectivity index (χ3v) is 3.04. The number of para-hydroxylation sites is 1. The molecule has 0 heterocycles. The van der Waals surface area contributed by atoms with E-state index in [9.17, 15) is 10.1 Å². The molecule has 0 N–H and O–H groups in total. The van der Waals surface area contributed by atoms with Crippen LogP contribution in [0, 0.1) is 17.0 Å². The molecular formula is C16H15NO2. The molecule has 0 aromatic heterocycles. The molecule has 0 unspecified atom stereocenters. The van der Waals surface area contributed by atoms with Crippen molar-refractivity contribution in [1.82, 2.24) is 0 Å². The highest BCUT2D eigenvalue weighted by atomic mass is 16.6. The van der Waals surface area contributed by atoms with Crippen molar-refractivity contribution in [2.45, 2.75) is 13.8 Å².